The van der Waals surface area contributed by atoms with Crippen LogP contribution in [-0.4, -0.2) is 70.0 Å². The number of pyridine rings is 1. The molecule has 2 fully saturated rings. The van der Waals surface area contributed by atoms with Gasteiger partial charge in [0.15, 0.2) is 0 Å². The van der Waals surface area contributed by atoms with Crippen LogP contribution in [0.25, 0.3) is 16.9 Å². The van der Waals surface area contributed by atoms with E-state index in [1.54, 1.807) is 12.4 Å². The lowest BCUT2D eigenvalue weighted by Crippen LogP contribution is -2.31. The number of likely N-dealkylation sites (tertiary alicyclic amines) is 1. The Balaban J connectivity index is 1.32. The van der Waals surface area contributed by atoms with Gasteiger partial charge in [-0.1, -0.05) is 12.6 Å². The number of amides is 1. The fraction of sp³-hybridized carbons (Fsp3) is 0.367. The van der Waals surface area contributed by atoms with Crippen molar-refractivity contribution in [2.45, 2.75) is 32.4 Å². The molecule has 0 saturated carbocycles. The van der Waals surface area contributed by atoms with Crippen LogP contribution < -0.4 is 10.6 Å². The smallest absolute Gasteiger partial charge is 0.254 e. The summed E-state index contributed by atoms with van der Waals surface area (Å²) in [4.78, 5) is 24.6. The molecule has 0 spiro atoms. The van der Waals surface area contributed by atoms with E-state index in [0.29, 0.717) is 55.6 Å². The monoisotopic (exact) mass is 544 g/mol. The van der Waals surface area contributed by atoms with Crippen molar-refractivity contribution in [1.29, 1.82) is 0 Å². The quantitative estimate of drug-likeness (QED) is 0.373. The first kappa shape index (κ1) is 26.4. The number of anilines is 1. The van der Waals surface area contributed by atoms with Crippen molar-refractivity contribution in [1.82, 2.24) is 19.6 Å². The summed E-state index contributed by atoms with van der Waals surface area (Å²) in [7, 11) is 0. The molecule has 40 heavy (non-hydrogen) atoms. The van der Waals surface area contributed by atoms with Gasteiger partial charge in [-0.3, -0.25) is 14.1 Å². The SMILES string of the molecule is C=C(C(CN1CC[C@@H](O)C1)=N/C(=C\C)Nc1ccc(-c2cnc3cc(F)ccn23)c2c1C(=O)NC2)[C@H]1CCOC1. The van der Waals surface area contributed by atoms with E-state index in [0.717, 1.165) is 47.5 Å². The van der Waals surface area contributed by atoms with Gasteiger partial charge in [-0.05, 0) is 49.1 Å². The van der Waals surface area contributed by atoms with Crippen LogP contribution in [0.1, 0.15) is 35.7 Å². The van der Waals surface area contributed by atoms with E-state index in [1.165, 1.54) is 12.1 Å². The van der Waals surface area contributed by atoms with Crippen LogP contribution >= 0.6 is 0 Å². The van der Waals surface area contributed by atoms with Crippen LogP contribution in [-0.2, 0) is 11.3 Å². The highest BCUT2D eigenvalue weighted by molar-refractivity contribution is 6.06. The number of aromatic nitrogens is 2. The molecule has 0 radical (unpaired) electrons. The molecule has 0 bridgehead atoms. The number of nitrogens with zero attached hydrogens (tertiary/aromatic N) is 4. The van der Waals surface area contributed by atoms with Gasteiger partial charge in [0, 0.05) is 56.5 Å². The molecule has 3 aliphatic rings. The van der Waals surface area contributed by atoms with E-state index in [1.807, 2.05) is 29.5 Å². The third kappa shape index (κ3) is 5.05. The zero-order chi connectivity index (χ0) is 27.8. The average molecular weight is 545 g/mol. The molecule has 3 aromatic rings. The Bertz CT molecular complexity index is 1540. The number of benzene rings is 1. The van der Waals surface area contributed by atoms with Gasteiger partial charge in [0.25, 0.3) is 5.91 Å². The lowest BCUT2D eigenvalue weighted by Gasteiger charge is -2.22. The molecule has 10 heteroatoms. The first-order valence-corrected chi connectivity index (χ1v) is 13.7. The topological polar surface area (TPSA) is 103 Å². The molecule has 2 saturated heterocycles. The maximum absolute atomic E-state index is 13.7. The highest BCUT2D eigenvalue weighted by atomic mass is 19.1. The Labute approximate surface area is 232 Å². The van der Waals surface area contributed by atoms with E-state index in [2.05, 4.69) is 27.1 Å². The summed E-state index contributed by atoms with van der Waals surface area (Å²) in [5, 5.41) is 16.4. The van der Waals surface area contributed by atoms with Crippen LogP contribution in [0.5, 0.6) is 0 Å². The lowest BCUT2D eigenvalue weighted by atomic mass is 9.95. The van der Waals surface area contributed by atoms with Gasteiger partial charge in [0.05, 0.1) is 41.6 Å². The second-order valence-corrected chi connectivity index (χ2v) is 10.5. The Kier molecular flexibility index (Phi) is 7.22. The fourth-order valence-electron chi connectivity index (χ4n) is 5.72. The van der Waals surface area contributed by atoms with Crippen molar-refractivity contribution < 1.29 is 19.0 Å². The van der Waals surface area contributed by atoms with Gasteiger partial charge >= 0.3 is 0 Å². The molecule has 5 heterocycles. The van der Waals surface area contributed by atoms with Crippen LogP contribution in [0.15, 0.2) is 65.7 Å². The molecule has 1 aromatic carbocycles. The summed E-state index contributed by atoms with van der Waals surface area (Å²) in [6.07, 6.45) is 6.55. The number of hydrogen-bond donors (Lipinski definition) is 3. The van der Waals surface area contributed by atoms with Crippen LogP contribution in [0, 0.1) is 11.7 Å². The van der Waals surface area contributed by atoms with Gasteiger partial charge in [0.2, 0.25) is 0 Å². The molecule has 2 aromatic heterocycles. The van der Waals surface area contributed by atoms with Crippen LogP contribution in [0.4, 0.5) is 10.1 Å². The first-order valence-electron chi connectivity index (χ1n) is 13.7. The van der Waals surface area contributed by atoms with E-state index in [4.69, 9.17) is 9.73 Å². The summed E-state index contributed by atoms with van der Waals surface area (Å²) < 4.78 is 21.2. The maximum Gasteiger partial charge on any atom is 0.254 e. The molecule has 1 amide bonds. The van der Waals surface area contributed by atoms with Crippen LogP contribution in [0.2, 0.25) is 0 Å². The molecule has 0 aliphatic carbocycles. The van der Waals surface area contributed by atoms with Crippen molar-refractivity contribution >= 4 is 23.0 Å². The van der Waals surface area contributed by atoms with E-state index in [-0.39, 0.29) is 23.7 Å². The van der Waals surface area contributed by atoms with Gasteiger partial charge in [-0.2, -0.15) is 0 Å². The fourth-order valence-corrected chi connectivity index (χ4v) is 5.72. The second kappa shape index (κ2) is 11.0. The number of ether oxygens (including phenoxy) is 1. The number of rotatable bonds is 8. The maximum atomic E-state index is 13.7. The third-order valence-corrected chi connectivity index (χ3v) is 7.92. The minimum absolute atomic E-state index is 0.169. The van der Waals surface area contributed by atoms with E-state index in [9.17, 15) is 14.3 Å². The number of carbonyl (C=O) groups excluding carboxylic acids is 1. The Morgan fingerprint density at radius 3 is 3.00 bits per heavy atom. The zero-order valence-electron chi connectivity index (χ0n) is 22.5. The average Bonchev–Trinajstić information content (AvgIpc) is 3.76. The number of aliphatic hydroxyl groups is 1. The van der Waals surface area contributed by atoms with Gasteiger partial charge < -0.3 is 20.5 Å². The van der Waals surface area contributed by atoms with Crippen molar-refractivity contribution in [3.05, 3.63) is 77.7 Å². The lowest BCUT2D eigenvalue weighted by molar-refractivity contribution is 0.0966. The summed E-state index contributed by atoms with van der Waals surface area (Å²) in [5.41, 5.74) is 5.98. The molecule has 3 aliphatic heterocycles. The minimum atomic E-state index is -0.353. The Morgan fingerprint density at radius 1 is 1.38 bits per heavy atom. The number of carbonyl (C=O) groups is 1. The summed E-state index contributed by atoms with van der Waals surface area (Å²) in [5.74, 6) is 0.291. The van der Waals surface area contributed by atoms with Gasteiger partial charge in [-0.15, -0.1) is 0 Å². The molecular formula is C30H33FN6O3. The third-order valence-electron chi connectivity index (χ3n) is 7.92. The largest absolute Gasteiger partial charge is 0.392 e. The molecule has 208 valence electrons. The number of aliphatic imine (C=N–C) groups is 1. The molecule has 0 unspecified atom stereocenters. The highest BCUT2D eigenvalue weighted by Gasteiger charge is 2.29. The molecule has 3 N–H and O–H groups in total. The summed E-state index contributed by atoms with van der Waals surface area (Å²) >= 11 is 0. The van der Waals surface area contributed by atoms with Gasteiger partial charge in [0.1, 0.15) is 17.3 Å². The number of halogens is 1. The minimum Gasteiger partial charge on any atom is -0.392 e. The zero-order valence-corrected chi connectivity index (χ0v) is 22.5. The Morgan fingerprint density at radius 2 is 2.25 bits per heavy atom. The van der Waals surface area contributed by atoms with Gasteiger partial charge in [-0.25, -0.2) is 14.4 Å². The number of nitrogens with one attached hydrogen (secondary N) is 2. The van der Waals surface area contributed by atoms with Crippen molar-refractivity contribution in [3.8, 4) is 11.3 Å². The predicted octanol–water partition coefficient (Wildman–Crippen LogP) is 3.76. The number of hydrogen-bond acceptors (Lipinski definition) is 7. The molecule has 6 rings (SSSR count). The molecular weight excluding hydrogens is 511 g/mol. The number of fused-ring (bicyclic) bond motifs is 2. The predicted molar refractivity (Wildman–Crippen MR) is 152 cm³/mol. The number of β-amino-alcohol motifs (C(OH)–C–C–N with tert-alkyl or cyclic N) is 1. The number of aliphatic hydroxyl groups excluding tert-OH is 1. The summed E-state index contributed by atoms with van der Waals surface area (Å²) in [6, 6.07) is 6.59. The number of imidazole rings is 1. The van der Waals surface area contributed by atoms with Crippen molar-refractivity contribution in [2.24, 2.45) is 10.9 Å². The first-order chi connectivity index (χ1) is 19.4. The van der Waals surface area contributed by atoms with E-state index >= 15 is 0 Å². The highest BCUT2D eigenvalue weighted by Crippen LogP contribution is 2.35. The van der Waals surface area contributed by atoms with Crippen molar-refractivity contribution in [3.63, 3.8) is 0 Å². The standard InChI is InChI=1S/C30H33FN6O3/c1-3-27(35-25(16-36-9-7-21(38)15-36)18(2)19-8-11-40-17-19)34-24-5-4-22(23-13-33-30(39)29(23)24)26-14-32-28-12-20(31)6-10-37(26)28/h3-6,10,12,14,19,21,34,38H,2,7-9,11,13,15-17H2,1H3,(H,33,39)/b27-3-,35-25?/t19-,21+/m0/s1. The normalized spacial score (nSPS) is 21.7. The number of allylic oxidation sites excluding steroid dienone is 1. The van der Waals surface area contributed by atoms with E-state index < -0.39 is 0 Å². The van der Waals surface area contributed by atoms with Crippen LogP contribution in [0.3, 0.4) is 0 Å². The molecule has 9 nitrogen and oxygen atoms in total. The second-order valence-electron chi connectivity index (χ2n) is 10.5. The Hall–Kier alpha value is -3.86. The molecule has 2 atom stereocenters. The van der Waals surface area contributed by atoms with Crippen molar-refractivity contribution in [2.75, 3.05) is 38.2 Å². The summed E-state index contributed by atoms with van der Waals surface area (Å²) in [6.45, 7) is 9.99.